The van der Waals surface area contributed by atoms with Gasteiger partial charge in [0.25, 0.3) is 5.91 Å². The van der Waals surface area contributed by atoms with Crippen LogP contribution in [0.1, 0.15) is 10.4 Å². The lowest BCUT2D eigenvalue weighted by Crippen LogP contribution is -2.26. The fourth-order valence-electron chi connectivity index (χ4n) is 2.28. The number of hydrogen-bond acceptors (Lipinski definition) is 7. The van der Waals surface area contributed by atoms with Gasteiger partial charge in [-0.05, 0) is 24.3 Å². The van der Waals surface area contributed by atoms with Crippen LogP contribution < -0.4 is 10.2 Å². The highest BCUT2D eigenvalue weighted by atomic mass is 32.1. The zero-order valence-electron chi connectivity index (χ0n) is 14.8. The number of nitrogens with zero attached hydrogens (tertiary/aromatic N) is 4. The van der Waals surface area contributed by atoms with Gasteiger partial charge >= 0.3 is 0 Å². The Balaban J connectivity index is 1.75. The van der Waals surface area contributed by atoms with Crippen LogP contribution in [-0.2, 0) is 4.74 Å². The third-order valence-corrected chi connectivity index (χ3v) is 4.63. The van der Waals surface area contributed by atoms with Crippen molar-refractivity contribution in [2.75, 3.05) is 37.5 Å². The van der Waals surface area contributed by atoms with E-state index in [1.54, 1.807) is 20.2 Å². The maximum Gasteiger partial charge on any atom is 0.259 e. The van der Waals surface area contributed by atoms with E-state index in [1.807, 2.05) is 5.38 Å². The Hall–Kier alpha value is -2.91. The number of carbonyl (C=O) groups excluding carboxylic acids is 1. The lowest BCUT2D eigenvalue weighted by atomic mass is 10.2. The molecule has 0 saturated heterocycles. The third kappa shape index (κ3) is 4.63. The van der Waals surface area contributed by atoms with E-state index in [0.717, 1.165) is 0 Å². The van der Waals surface area contributed by atoms with Gasteiger partial charge in [0.05, 0.1) is 12.3 Å². The first-order chi connectivity index (χ1) is 13.1. The highest BCUT2D eigenvalue weighted by Crippen LogP contribution is 2.27. The van der Waals surface area contributed by atoms with Crippen LogP contribution in [0.2, 0.25) is 0 Å². The Morgan fingerprint density at radius 1 is 1.26 bits per heavy atom. The van der Waals surface area contributed by atoms with Crippen molar-refractivity contribution in [1.82, 2.24) is 15.0 Å². The van der Waals surface area contributed by atoms with Gasteiger partial charge in [0.1, 0.15) is 23.7 Å². The Bertz CT molecular complexity index is 916. The molecule has 0 radical (unpaired) electrons. The van der Waals surface area contributed by atoms with Gasteiger partial charge in [-0.2, -0.15) is 0 Å². The molecule has 0 atom stereocenters. The van der Waals surface area contributed by atoms with Crippen molar-refractivity contribution in [2.45, 2.75) is 0 Å². The Labute approximate surface area is 159 Å². The zero-order valence-corrected chi connectivity index (χ0v) is 15.7. The summed E-state index contributed by atoms with van der Waals surface area (Å²) in [6, 6.07) is 7.20. The molecule has 140 valence electrons. The first kappa shape index (κ1) is 18.9. The van der Waals surface area contributed by atoms with Crippen molar-refractivity contribution in [3.63, 3.8) is 0 Å². The van der Waals surface area contributed by atoms with E-state index in [9.17, 15) is 9.18 Å². The number of carbonyl (C=O) groups is 1. The smallest absolute Gasteiger partial charge is 0.259 e. The number of hydrogen-bond donors (Lipinski definition) is 1. The van der Waals surface area contributed by atoms with Crippen molar-refractivity contribution in [3.8, 4) is 11.4 Å². The number of ether oxygens (including phenoxy) is 1. The summed E-state index contributed by atoms with van der Waals surface area (Å²) >= 11 is 1.33. The average molecular weight is 387 g/mol. The van der Waals surface area contributed by atoms with E-state index in [4.69, 9.17) is 4.74 Å². The summed E-state index contributed by atoms with van der Waals surface area (Å²) in [5.41, 5.74) is 1.68. The summed E-state index contributed by atoms with van der Waals surface area (Å²) in [7, 11) is 3.26. The maximum absolute atomic E-state index is 13.0. The van der Waals surface area contributed by atoms with Gasteiger partial charge < -0.3 is 10.1 Å². The second kappa shape index (κ2) is 8.65. The summed E-state index contributed by atoms with van der Waals surface area (Å²) in [5, 5.41) is 5.48. The minimum Gasteiger partial charge on any atom is -0.383 e. The van der Waals surface area contributed by atoms with Crippen LogP contribution in [0.15, 0.2) is 42.0 Å². The zero-order chi connectivity index (χ0) is 19.2. The van der Waals surface area contributed by atoms with Crippen molar-refractivity contribution < 1.29 is 13.9 Å². The van der Waals surface area contributed by atoms with Crippen LogP contribution in [0.3, 0.4) is 0 Å². The van der Waals surface area contributed by atoms with Crippen LogP contribution in [0, 0.1) is 5.82 Å². The second-order valence-corrected chi connectivity index (χ2v) is 6.43. The van der Waals surface area contributed by atoms with Crippen molar-refractivity contribution in [1.29, 1.82) is 0 Å². The summed E-state index contributed by atoms with van der Waals surface area (Å²) < 4.78 is 18.0. The molecule has 2 heterocycles. The van der Waals surface area contributed by atoms with Crippen LogP contribution >= 0.6 is 11.3 Å². The van der Waals surface area contributed by atoms with E-state index in [2.05, 4.69) is 20.3 Å². The summed E-state index contributed by atoms with van der Waals surface area (Å²) in [6.07, 6.45) is 1.46. The molecule has 0 aliphatic carbocycles. The van der Waals surface area contributed by atoms with Crippen molar-refractivity contribution in [2.24, 2.45) is 0 Å². The number of benzene rings is 1. The first-order valence-corrected chi connectivity index (χ1v) is 9.01. The quantitative estimate of drug-likeness (QED) is 0.628. The topological polar surface area (TPSA) is 80.2 Å². The predicted octanol–water partition coefficient (Wildman–Crippen LogP) is 3.07. The number of halogens is 1. The Kier molecular flexibility index (Phi) is 6.05. The molecule has 0 saturated carbocycles. The van der Waals surface area contributed by atoms with Gasteiger partial charge in [0.2, 0.25) is 0 Å². The molecule has 0 unspecified atom stereocenters. The molecule has 0 spiro atoms. The predicted molar refractivity (Wildman–Crippen MR) is 103 cm³/mol. The van der Waals surface area contributed by atoms with Gasteiger partial charge in [-0.1, -0.05) is 0 Å². The normalized spacial score (nSPS) is 10.6. The van der Waals surface area contributed by atoms with Gasteiger partial charge in [-0.15, -0.1) is 11.3 Å². The summed E-state index contributed by atoms with van der Waals surface area (Å²) in [4.78, 5) is 26.8. The largest absolute Gasteiger partial charge is 0.383 e. The second-order valence-electron chi connectivity index (χ2n) is 5.59. The van der Waals surface area contributed by atoms with Crippen molar-refractivity contribution >= 4 is 28.2 Å². The number of nitrogens with one attached hydrogen (secondary N) is 1. The average Bonchev–Trinajstić information content (AvgIpc) is 3.18. The molecule has 3 aromatic rings. The molecule has 7 nitrogen and oxygen atoms in total. The summed E-state index contributed by atoms with van der Waals surface area (Å²) in [5.74, 6) is 0.0206. The molecular formula is C18H18FN5O2S. The lowest BCUT2D eigenvalue weighted by molar-refractivity contribution is 0.0993. The number of amides is 1. The van der Waals surface area contributed by atoms with Crippen LogP contribution in [0.4, 0.5) is 15.3 Å². The van der Waals surface area contributed by atoms with E-state index in [0.29, 0.717) is 41.1 Å². The monoisotopic (exact) mass is 387 g/mol. The molecule has 27 heavy (non-hydrogen) atoms. The number of aromatic nitrogens is 3. The highest BCUT2D eigenvalue weighted by Gasteiger charge is 2.17. The maximum atomic E-state index is 13.0. The minimum atomic E-state index is -0.385. The van der Waals surface area contributed by atoms with Crippen molar-refractivity contribution in [3.05, 3.63) is 53.4 Å². The van der Waals surface area contributed by atoms with Gasteiger partial charge in [0.15, 0.2) is 5.13 Å². The van der Waals surface area contributed by atoms with E-state index < -0.39 is 0 Å². The molecule has 9 heteroatoms. The van der Waals surface area contributed by atoms with Crippen LogP contribution in [0.5, 0.6) is 0 Å². The molecule has 0 bridgehead atoms. The molecule has 0 aliphatic heterocycles. The van der Waals surface area contributed by atoms with Crippen LogP contribution in [0.25, 0.3) is 11.4 Å². The molecule has 1 aromatic carbocycles. The SMILES string of the molecule is COCCNc1cc(-c2csc(N(C)C(=O)c3ccc(F)cc3)n2)ncn1. The van der Waals surface area contributed by atoms with E-state index >= 15 is 0 Å². The number of anilines is 2. The number of thiazole rings is 1. The number of rotatable bonds is 7. The Morgan fingerprint density at radius 3 is 2.78 bits per heavy atom. The minimum absolute atomic E-state index is 0.263. The first-order valence-electron chi connectivity index (χ1n) is 8.13. The van der Waals surface area contributed by atoms with Gasteiger partial charge in [0, 0.05) is 37.7 Å². The summed E-state index contributed by atoms with van der Waals surface area (Å²) in [6.45, 7) is 1.20. The van der Waals surface area contributed by atoms with Gasteiger partial charge in [-0.3, -0.25) is 9.69 Å². The van der Waals surface area contributed by atoms with E-state index in [1.165, 1.54) is 46.8 Å². The molecule has 3 rings (SSSR count). The lowest BCUT2D eigenvalue weighted by Gasteiger charge is -2.13. The standard InChI is InChI=1S/C18H18FN5O2S/c1-24(17(25)12-3-5-13(19)6-4-12)18-23-15(10-27-18)14-9-16(22-11-21-14)20-7-8-26-2/h3-6,9-11H,7-8H2,1-2H3,(H,20,21,22). The van der Waals surface area contributed by atoms with Gasteiger partial charge in [-0.25, -0.2) is 19.3 Å². The molecule has 0 fully saturated rings. The van der Waals surface area contributed by atoms with E-state index in [-0.39, 0.29) is 11.7 Å². The highest BCUT2D eigenvalue weighted by molar-refractivity contribution is 7.14. The molecular weight excluding hydrogens is 369 g/mol. The number of methoxy groups -OCH3 is 1. The molecule has 1 amide bonds. The molecule has 2 aromatic heterocycles. The Morgan fingerprint density at radius 2 is 2.04 bits per heavy atom. The fraction of sp³-hybridized carbons (Fsp3) is 0.222. The molecule has 1 N–H and O–H groups in total. The molecule has 0 aliphatic rings. The fourth-order valence-corrected chi connectivity index (χ4v) is 3.07. The third-order valence-electron chi connectivity index (χ3n) is 3.72. The van der Waals surface area contributed by atoms with Crippen LogP contribution in [-0.4, -0.2) is 48.2 Å².